The first-order chi connectivity index (χ1) is 13.4. The van der Waals surface area contributed by atoms with Crippen molar-refractivity contribution in [2.24, 2.45) is 0 Å². The van der Waals surface area contributed by atoms with E-state index in [1.54, 1.807) is 13.0 Å². The summed E-state index contributed by atoms with van der Waals surface area (Å²) in [5.41, 5.74) is 2.03. The van der Waals surface area contributed by atoms with Gasteiger partial charge in [0.25, 0.3) is 11.6 Å². The van der Waals surface area contributed by atoms with E-state index in [1.807, 2.05) is 19.9 Å². The molecule has 2 aromatic rings. The Hall–Kier alpha value is -3.29. The number of nitrogens with zero attached hydrogens (tertiary/aromatic N) is 1. The molecule has 8 nitrogen and oxygen atoms in total. The summed E-state index contributed by atoms with van der Waals surface area (Å²) in [5, 5.41) is 13.6. The van der Waals surface area contributed by atoms with Crippen molar-refractivity contribution >= 4 is 17.3 Å². The molecule has 1 aliphatic rings. The molecule has 0 aromatic heterocycles. The number of fused-ring (bicyclic) bond motifs is 1. The normalized spacial score (nSPS) is 14.8. The van der Waals surface area contributed by atoms with Gasteiger partial charge in [0, 0.05) is 29.7 Å². The summed E-state index contributed by atoms with van der Waals surface area (Å²) in [6.45, 7) is 5.70. The minimum absolute atomic E-state index is 0.00512. The number of hydrogen-bond acceptors (Lipinski definition) is 6. The minimum atomic E-state index is -0.460. The maximum atomic E-state index is 12.3. The lowest BCUT2D eigenvalue weighted by Crippen LogP contribution is -2.20. The monoisotopic (exact) mass is 386 g/mol. The average molecular weight is 386 g/mol. The number of benzene rings is 2. The Bertz CT molecular complexity index is 912. The zero-order valence-electron chi connectivity index (χ0n) is 16.0. The van der Waals surface area contributed by atoms with Crippen molar-refractivity contribution in [3.63, 3.8) is 0 Å². The van der Waals surface area contributed by atoms with E-state index in [-0.39, 0.29) is 24.3 Å². The molecule has 0 fully saturated rings. The van der Waals surface area contributed by atoms with Gasteiger partial charge >= 0.3 is 0 Å². The molecule has 0 spiro atoms. The second-order valence-electron chi connectivity index (χ2n) is 6.56. The second kappa shape index (κ2) is 8.16. The van der Waals surface area contributed by atoms with E-state index >= 15 is 0 Å². The van der Waals surface area contributed by atoms with Crippen LogP contribution in [0.25, 0.3) is 0 Å². The molecule has 0 saturated carbocycles. The number of hydrogen-bond donors (Lipinski definition) is 1. The topological polar surface area (TPSA) is 99.9 Å². The summed E-state index contributed by atoms with van der Waals surface area (Å²) in [7, 11) is 0. The van der Waals surface area contributed by atoms with E-state index in [4.69, 9.17) is 14.2 Å². The first-order valence-corrected chi connectivity index (χ1v) is 9.01. The number of ether oxygens (including phenoxy) is 3. The lowest BCUT2D eigenvalue weighted by Gasteiger charge is -2.14. The van der Waals surface area contributed by atoms with Crippen molar-refractivity contribution in [1.82, 2.24) is 0 Å². The summed E-state index contributed by atoms with van der Waals surface area (Å²) >= 11 is 0. The summed E-state index contributed by atoms with van der Waals surface area (Å²) in [6.07, 6.45) is 0.885. The number of carbonyl (C=O) groups is 1. The van der Waals surface area contributed by atoms with E-state index in [2.05, 4.69) is 5.32 Å². The van der Waals surface area contributed by atoms with Crippen LogP contribution in [0.2, 0.25) is 0 Å². The van der Waals surface area contributed by atoms with Crippen LogP contribution in [-0.4, -0.2) is 30.1 Å². The van der Waals surface area contributed by atoms with Gasteiger partial charge < -0.3 is 19.5 Å². The number of carbonyl (C=O) groups excluding carboxylic acids is 1. The quantitative estimate of drug-likeness (QED) is 0.576. The van der Waals surface area contributed by atoms with Gasteiger partial charge in [-0.1, -0.05) is 0 Å². The number of amides is 1. The van der Waals surface area contributed by atoms with Crippen LogP contribution in [0.4, 0.5) is 11.4 Å². The Labute approximate surface area is 162 Å². The van der Waals surface area contributed by atoms with E-state index in [0.717, 1.165) is 17.7 Å². The van der Waals surface area contributed by atoms with Crippen LogP contribution in [0.3, 0.4) is 0 Å². The van der Waals surface area contributed by atoms with Gasteiger partial charge in [0.2, 0.25) is 0 Å². The fourth-order valence-corrected chi connectivity index (χ4v) is 3.07. The molecule has 0 bridgehead atoms. The van der Waals surface area contributed by atoms with Crippen molar-refractivity contribution in [1.29, 1.82) is 0 Å². The maximum absolute atomic E-state index is 12.3. The zero-order chi connectivity index (χ0) is 20.3. The van der Waals surface area contributed by atoms with Gasteiger partial charge in [-0.05, 0) is 39.0 Å². The maximum Gasteiger partial charge on any atom is 0.272 e. The van der Waals surface area contributed by atoms with Gasteiger partial charge in [0.05, 0.1) is 17.2 Å². The highest BCUT2D eigenvalue weighted by Crippen LogP contribution is 2.38. The van der Waals surface area contributed by atoms with Crippen LogP contribution >= 0.6 is 0 Å². The first kappa shape index (κ1) is 19.5. The largest absolute Gasteiger partial charge is 0.492 e. The SMILES string of the molecule is CCOc1cc2c(cc1NC(=O)COc1ccc([N+](=O)[O-])c(C)c1)O[C@@H](C)C2. The molecule has 0 radical (unpaired) electrons. The molecule has 8 heteroatoms. The summed E-state index contributed by atoms with van der Waals surface area (Å²) in [4.78, 5) is 22.7. The first-order valence-electron chi connectivity index (χ1n) is 9.01. The second-order valence-corrected chi connectivity index (χ2v) is 6.56. The molecule has 1 atom stereocenters. The highest BCUT2D eigenvalue weighted by molar-refractivity contribution is 5.93. The molecule has 1 amide bonds. The summed E-state index contributed by atoms with van der Waals surface area (Å²) < 4.78 is 16.8. The standard InChI is InChI=1S/C20H22N2O6/c1-4-26-19-9-14-8-13(3)28-18(14)10-16(19)21-20(23)11-27-15-5-6-17(22(24)25)12(2)7-15/h5-7,9-10,13H,4,8,11H2,1-3H3,(H,21,23)/t13-/m0/s1. The number of nitrogens with one attached hydrogen (secondary N) is 1. The van der Waals surface area contributed by atoms with Crippen molar-refractivity contribution in [3.8, 4) is 17.2 Å². The highest BCUT2D eigenvalue weighted by atomic mass is 16.6. The van der Waals surface area contributed by atoms with Gasteiger partial charge in [0.1, 0.15) is 23.4 Å². The van der Waals surface area contributed by atoms with Crippen molar-refractivity contribution in [3.05, 3.63) is 51.6 Å². The van der Waals surface area contributed by atoms with Gasteiger partial charge in [-0.3, -0.25) is 14.9 Å². The van der Waals surface area contributed by atoms with E-state index in [0.29, 0.717) is 29.4 Å². The molecule has 3 rings (SSSR count). The molecule has 28 heavy (non-hydrogen) atoms. The van der Waals surface area contributed by atoms with E-state index in [1.165, 1.54) is 18.2 Å². The molecule has 0 unspecified atom stereocenters. The zero-order valence-corrected chi connectivity index (χ0v) is 16.0. The molecular formula is C20H22N2O6. The minimum Gasteiger partial charge on any atom is -0.492 e. The predicted octanol–water partition coefficient (Wildman–Crippen LogP) is 3.64. The van der Waals surface area contributed by atoms with Crippen molar-refractivity contribution < 1.29 is 23.9 Å². The molecule has 0 aliphatic carbocycles. The van der Waals surface area contributed by atoms with Crippen molar-refractivity contribution in [2.45, 2.75) is 33.3 Å². The lowest BCUT2D eigenvalue weighted by atomic mass is 10.1. The highest BCUT2D eigenvalue weighted by Gasteiger charge is 2.22. The summed E-state index contributed by atoms with van der Waals surface area (Å²) in [6, 6.07) is 8.00. The molecule has 1 N–H and O–H groups in total. The Morgan fingerprint density at radius 3 is 2.79 bits per heavy atom. The predicted molar refractivity (Wildman–Crippen MR) is 103 cm³/mol. The third-order valence-corrected chi connectivity index (χ3v) is 4.31. The Balaban J connectivity index is 1.67. The van der Waals surface area contributed by atoms with Gasteiger partial charge in [-0.15, -0.1) is 0 Å². The van der Waals surface area contributed by atoms with Crippen molar-refractivity contribution in [2.75, 3.05) is 18.5 Å². The number of nitro groups is 1. The van der Waals surface area contributed by atoms with Crippen LogP contribution in [0.5, 0.6) is 17.2 Å². The number of anilines is 1. The number of rotatable bonds is 7. The Morgan fingerprint density at radius 2 is 2.11 bits per heavy atom. The molecule has 0 saturated heterocycles. The van der Waals surface area contributed by atoms with Crippen LogP contribution in [-0.2, 0) is 11.2 Å². The van der Waals surface area contributed by atoms with Gasteiger partial charge in [-0.2, -0.15) is 0 Å². The fourth-order valence-electron chi connectivity index (χ4n) is 3.07. The summed E-state index contributed by atoms with van der Waals surface area (Å²) in [5.74, 6) is 1.33. The van der Waals surface area contributed by atoms with Crippen LogP contribution in [0.15, 0.2) is 30.3 Å². The Morgan fingerprint density at radius 1 is 1.32 bits per heavy atom. The van der Waals surface area contributed by atoms with Gasteiger partial charge in [-0.25, -0.2) is 0 Å². The van der Waals surface area contributed by atoms with Crippen LogP contribution in [0.1, 0.15) is 25.0 Å². The third kappa shape index (κ3) is 4.33. The lowest BCUT2D eigenvalue weighted by molar-refractivity contribution is -0.385. The van der Waals surface area contributed by atoms with E-state index < -0.39 is 4.92 Å². The third-order valence-electron chi connectivity index (χ3n) is 4.31. The van der Waals surface area contributed by atoms with E-state index in [9.17, 15) is 14.9 Å². The average Bonchev–Trinajstić information content (AvgIpc) is 2.99. The molecule has 148 valence electrons. The molecule has 2 aromatic carbocycles. The van der Waals surface area contributed by atoms with Crippen LogP contribution < -0.4 is 19.5 Å². The smallest absolute Gasteiger partial charge is 0.272 e. The molecule has 1 aliphatic heterocycles. The number of aryl methyl sites for hydroxylation is 1. The molecular weight excluding hydrogens is 364 g/mol. The van der Waals surface area contributed by atoms with Crippen LogP contribution in [0, 0.1) is 17.0 Å². The fraction of sp³-hybridized carbons (Fsp3) is 0.350. The van der Waals surface area contributed by atoms with Gasteiger partial charge in [0.15, 0.2) is 6.61 Å². The number of nitro benzene ring substituents is 1. The molecule has 1 heterocycles. The Kier molecular flexibility index (Phi) is 5.67.